The van der Waals surface area contributed by atoms with Gasteiger partial charge in [0.15, 0.2) is 0 Å². The fourth-order valence-electron chi connectivity index (χ4n) is 2.71. The number of fused-ring (bicyclic) bond motifs is 1. The van der Waals surface area contributed by atoms with E-state index in [1.165, 1.54) is 24.3 Å². The second kappa shape index (κ2) is 5.30. The van der Waals surface area contributed by atoms with Crippen molar-refractivity contribution in [3.63, 3.8) is 0 Å². The van der Waals surface area contributed by atoms with Crippen molar-refractivity contribution in [1.82, 2.24) is 0 Å². The Morgan fingerprint density at radius 1 is 0.958 bits per heavy atom. The second-order valence-corrected chi connectivity index (χ2v) is 6.79. The molecule has 0 saturated heterocycles. The van der Waals surface area contributed by atoms with Gasteiger partial charge in [-0.3, -0.25) is 9.59 Å². The predicted molar refractivity (Wildman–Crippen MR) is 87.1 cm³/mol. The number of benzene rings is 2. The molecule has 0 bridgehead atoms. The smallest absolute Gasteiger partial charge is 0.266 e. The molecule has 2 amide bonds. The van der Waals surface area contributed by atoms with Crippen molar-refractivity contribution in [2.24, 2.45) is 0 Å². The molecule has 3 rings (SSSR count). The van der Waals surface area contributed by atoms with Crippen molar-refractivity contribution >= 4 is 23.5 Å². The Morgan fingerprint density at radius 3 is 2.25 bits per heavy atom. The Balaban J connectivity index is 2.07. The van der Waals surface area contributed by atoms with E-state index < -0.39 is 17.8 Å². The van der Waals surface area contributed by atoms with E-state index in [9.17, 15) is 19.5 Å². The Bertz CT molecular complexity index is 877. The number of imide groups is 1. The van der Waals surface area contributed by atoms with Gasteiger partial charge >= 0.3 is 0 Å². The van der Waals surface area contributed by atoms with E-state index in [1.54, 1.807) is 12.1 Å². The quantitative estimate of drug-likeness (QED) is 0.794. The lowest BCUT2D eigenvalue weighted by molar-refractivity contribution is -0.255. The normalized spacial score (nSPS) is 14.0. The number of carboxylic acids is 1. The van der Waals surface area contributed by atoms with Crippen molar-refractivity contribution in [1.29, 1.82) is 0 Å². The maximum Gasteiger partial charge on any atom is 0.266 e. The van der Waals surface area contributed by atoms with Crippen molar-refractivity contribution in [3.8, 4) is 0 Å². The highest BCUT2D eigenvalue weighted by molar-refractivity contribution is 6.34. The van der Waals surface area contributed by atoms with Crippen LogP contribution in [0.15, 0.2) is 42.5 Å². The number of carbonyl (C=O) groups is 3. The van der Waals surface area contributed by atoms with Gasteiger partial charge in [0, 0.05) is 0 Å². The molecule has 0 fully saturated rings. The van der Waals surface area contributed by atoms with Gasteiger partial charge in [0.1, 0.15) is 0 Å². The first-order chi connectivity index (χ1) is 11.2. The summed E-state index contributed by atoms with van der Waals surface area (Å²) in [7, 11) is 0. The maximum absolute atomic E-state index is 12.7. The summed E-state index contributed by atoms with van der Waals surface area (Å²) in [4.78, 5) is 37.3. The van der Waals surface area contributed by atoms with Gasteiger partial charge < -0.3 is 9.90 Å². The zero-order chi connectivity index (χ0) is 17.6. The lowest BCUT2D eigenvalue weighted by Gasteiger charge is -2.19. The van der Waals surface area contributed by atoms with Gasteiger partial charge in [-0.15, -0.1) is 0 Å². The fourth-order valence-corrected chi connectivity index (χ4v) is 2.71. The molecule has 0 N–H and O–H groups in total. The first-order valence-electron chi connectivity index (χ1n) is 7.55. The minimum absolute atomic E-state index is 0.0839. The molecule has 0 unspecified atom stereocenters. The molecule has 0 spiro atoms. The minimum Gasteiger partial charge on any atom is -0.545 e. The van der Waals surface area contributed by atoms with Crippen LogP contribution < -0.4 is 10.0 Å². The van der Waals surface area contributed by atoms with Crippen LogP contribution in [0.1, 0.15) is 57.4 Å². The molecule has 0 saturated carbocycles. The molecule has 2 aromatic carbocycles. The number of aromatic carboxylic acids is 1. The highest BCUT2D eigenvalue weighted by Gasteiger charge is 2.37. The molecule has 122 valence electrons. The molecule has 1 aliphatic rings. The van der Waals surface area contributed by atoms with Crippen LogP contribution in [0.2, 0.25) is 0 Å². The van der Waals surface area contributed by atoms with Gasteiger partial charge in [0.2, 0.25) is 0 Å². The maximum atomic E-state index is 12.7. The van der Waals surface area contributed by atoms with Crippen molar-refractivity contribution in [2.75, 3.05) is 4.90 Å². The number of anilines is 1. The molecule has 1 heterocycles. The van der Waals surface area contributed by atoms with Gasteiger partial charge in [-0.25, -0.2) is 4.90 Å². The number of hydrogen-bond donors (Lipinski definition) is 0. The van der Waals surface area contributed by atoms with E-state index in [0.29, 0.717) is 11.1 Å². The predicted octanol–water partition coefficient (Wildman–Crippen LogP) is 2.15. The fraction of sp³-hybridized carbons (Fsp3) is 0.211. The Morgan fingerprint density at radius 2 is 1.62 bits per heavy atom. The lowest BCUT2D eigenvalue weighted by Crippen LogP contribution is -2.30. The van der Waals surface area contributed by atoms with Crippen LogP contribution in [0.5, 0.6) is 0 Å². The molecule has 0 radical (unpaired) electrons. The molecule has 5 nitrogen and oxygen atoms in total. The molecule has 1 aliphatic heterocycles. The van der Waals surface area contributed by atoms with E-state index in [2.05, 4.69) is 0 Å². The van der Waals surface area contributed by atoms with Gasteiger partial charge in [-0.2, -0.15) is 0 Å². The number of amides is 2. The zero-order valence-electron chi connectivity index (χ0n) is 13.6. The monoisotopic (exact) mass is 322 g/mol. The molecular formula is C19H16NO4-. The number of nitrogens with zero attached hydrogens (tertiary/aromatic N) is 1. The molecule has 0 atom stereocenters. The first-order valence-corrected chi connectivity index (χ1v) is 7.55. The standard InChI is InChI=1S/C19H17NO4/c1-19(2,3)12-7-8-14-15(10-12)17(22)20(16(14)21)13-6-4-5-11(9-13)18(23)24/h4-10H,1-3H3,(H,23,24)/p-1. The van der Waals surface area contributed by atoms with E-state index in [-0.39, 0.29) is 16.7 Å². The van der Waals surface area contributed by atoms with Crippen LogP contribution in [0.4, 0.5) is 5.69 Å². The Kier molecular flexibility index (Phi) is 3.52. The molecule has 0 aromatic heterocycles. The van der Waals surface area contributed by atoms with Crippen molar-refractivity contribution in [2.45, 2.75) is 26.2 Å². The average molecular weight is 322 g/mol. The van der Waals surface area contributed by atoms with Crippen LogP contribution in [0.3, 0.4) is 0 Å². The van der Waals surface area contributed by atoms with Gasteiger partial charge in [0.25, 0.3) is 11.8 Å². The van der Waals surface area contributed by atoms with Crippen LogP contribution >= 0.6 is 0 Å². The zero-order valence-corrected chi connectivity index (χ0v) is 13.6. The van der Waals surface area contributed by atoms with Gasteiger partial charge in [-0.05, 0) is 40.8 Å². The van der Waals surface area contributed by atoms with Crippen LogP contribution in [-0.2, 0) is 5.41 Å². The van der Waals surface area contributed by atoms with Crippen molar-refractivity contribution < 1.29 is 19.5 Å². The summed E-state index contributed by atoms with van der Waals surface area (Å²) in [6, 6.07) is 10.8. The topological polar surface area (TPSA) is 77.5 Å². The Hall–Kier alpha value is -2.95. The highest BCUT2D eigenvalue weighted by atomic mass is 16.4. The van der Waals surface area contributed by atoms with Gasteiger partial charge in [0.05, 0.1) is 22.8 Å². The number of carboxylic acid groups (broad SMARTS) is 1. The third kappa shape index (κ3) is 2.48. The van der Waals surface area contributed by atoms with Crippen LogP contribution in [0, 0.1) is 0 Å². The third-order valence-electron chi connectivity index (χ3n) is 4.09. The van der Waals surface area contributed by atoms with E-state index in [1.807, 2.05) is 26.8 Å². The average Bonchev–Trinajstić information content (AvgIpc) is 2.77. The molecule has 24 heavy (non-hydrogen) atoms. The van der Waals surface area contributed by atoms with Crippen molar-refractivity contribution in [3.05, 3.63) is 64.7 Å². The number of rotatable bonds is 2. The minimum atomic E-state index is -1.36. The molecule has 0 aliphatic carbocycles. The summed E-state index contributed by atoms with van der Waals surface area (Å²) in [6.45, 7) is 6.07. The number of carbonyl (C=O) groups excluding carboxylic acids is 3. The molecule has 5 heteroatoms. The van der Waals surface area contributed by atoms with Crippen LogP contribution in [0.25, 0.3) is 0 Å². The van der Waals surface area contributed by atoms with E-state index in [4.69, 9.17) is 0 Å². The van der Waals surface area contributed by atoms with Crippen LogP contribution in [-0.4, -0.2) is 17.8 Å². The van der Waals surface area contributed by atoms with E-state index >= 15 is 0 Å². The first kappa shape index (κ1) is 15.9. The SMILES string of the molecule is CC(C)(C)c1ccc2c(c1)C(=O)N(c1cccc(C(=O)[O-])c1)C2=O. The summed E-state index contributed by atoms with van der Waals surface area (Å²) in [5, 5.41) is 11.0. The number of hydrogen-bond acceptors (Lipinski definition) is 4. The summed E-state index contributed by atoms with van der Waals surface area (Å²) < 4.78 is 0. The Labute approximate surface area is 139 Å². The van der Waals surface area contributed by atoms with Gasteiger partial charge in [-0.1, -0.05) is 39.0 Å². The van der Waals surface area contributed by atoms with E-state index in [0.717, 1.165) is 10.5 Å². The third-order valence-corrected chi connectivity index (χ3v) is 4.09. The summed E-state index contributed by atoms with van der Waals surface area (Å²) in [5.74, 6) is -2.26. The lowest BCUT2D eigenvalue weighted by atomic mass is 9.85. The summed E-state index contributed by atoms with van der Waals surface area (Å²) >= 11 is 0. The largest absolute Gasteiger partial charge is 0.545 e. The molecule has 2 aromatic rings. The summed E-state index contributed by atoms with van der Waals surface area (Å²) in [5.41, 5.74) is 1.60. The molecular weight excluding hydrogens is 306 g/mol. The summed E-state index contributed by atoms with van der Waals surface area (Å²) in [6.07, 6.45) is 0. The second-order valence-electron chi connectivity index (χ2n) is 6.79. The highest BCUT2D eigenvalue weighted by Crippen LogP contribution is 2.32.